The van der Waals surface area contributed by atoms with Gasteiger partial charge in [-0.15, -0.1) is 0 Å². The summed E-state index contributed by atoms with van der Waals surface area (Å²) in [5.74, 6) is 0. The molecule has 0 spiro atoms. The van der Waals surface area contributed by atoms with Gasteiger partial charge in [0.2, 0.25) is 0 Å². The molecule has 0 aromatic heterocycles. The van der Waals surface area contributed by atoms with Crippen molar-refractivity contribution in [2.45, 2.75) is 0 Å². The Hall–Kier alpha value is 0.468. The van der Waals surface area contributed by atoms with E-state index in [0.717, 1.165) is 15.7 Å². The van der Waals surface area contributed by atoms with Crippen molar-refractivity contribution in [2.75, 3.05) is 0 Å². The molecule has 0 unspecified atom stereocenters. The minimum absolute atomic E-state index is 1.11. The molecule has 0 atom stereocenters. The summed E-state index contributed by atoms with van der Waals surface area (Å²) in [6.45, 7) is 0. The second kappa shape index (κ2) is 1.28. The quantitative estimate of drug-likeness (QED) is 0.360. The van der Waals surface area contributed by atoms with E-state index in [0.29, 0.717) is 0 Å². The summed E-state index contributed by atoms with van der Waals surface area (Å²) in [5, 5.41) is 0. The van der Waals surface area contributed by atoms with E-state index < -0.39 is 8.38 Å². The summed E-state index contributed by atoms with van der Waals surface area (Å²) in [5.41, 5.74) is 0. The Bertz CT molecular complexity index is 90.1. The van der Waals surface area contributed by atoms with E-state index in [2.05, 4.69) is 0 Å². The van der Waals surface area contributed by atoms with E-state index >= 15 is 0 Å². The van der Waals surface area contributed by atoms with Crippen molar-refractivity contribution >= 4 is 24.1 Å². The van der Waals surface area contributed by atoms with Gasteiger partial charge in [-0.1, -0.05) is 0 Å². The van der Waals surface area contributed by atoms with Crippen LogP contribution >= 0.6 is 0 Å². The third-order valence-electron chi connectivity index (χ3n) is 0. The van der Waals surface area contributed by atoms with Crippen molar-refractivity contribution in [2.24, 2.45) is 0 Å². The summed E-state index contributed by atoms with van der Waals surface area (Å²) in [4.78, 5) is 0. The van der Waals surface area contributed by atoms with Gasteiger partial charge in [0.05, 0.1) is 0 Å². The summed E-state index contributed by atoms with van der Waals surface area (Å²) in [7, 11) is -3.73. The first-order valence-electron chi connectivity index (χ1n) is 0.698. The van der Waals surface area contributed by atoms with Crippen LogP contribution in [-0.4, -0.2) is 28.7 Å². The molecule has 0 aliphatic heterocycles. The average Bonchev–Trinajstić information content (AvgIpc) is 0.722. The van der Waals surface area contributed by atoms with Crippen LogP contribution in [0.1, 0.15) is 0 Å². The monoisotopic (exact) mass is 156 g/mol. The molecule has 0 saturated carbocycles. The Morgan fingerprint density at radius 1 is 1.60 bits per heavy atom. The Balaban J connectivity index is 4.06. The summed E-state index contributed by atoms with van der Waals surface area (Å²) in [6.07, 6.45) is 0. The van der Waals surface area contributed by atoms with Crippen LogP contribution in [0.3, 0.4) is 0 Å². The Morgan fingerprint density at radius 3 is 1.60 bits per heavy atom. The van der Waals surface area contributed by atoms with Crippen LogP contribution < -0.4 is 0 Å². The van der Waals surface area contributed by atoms with E-state index in [-0.39, 0.29) is 0 Å². The van der Waals surface area contributed by atoms with Crippen LogP contribution in [0.15, 0.2) is 0 Å². The summed E-state index contributed by atoms with van der Waals surface area (Å²) >= 11 is 1.11. The predicted octanol–water partition coefficient (Wildman–Crippen LogP) is -1.04. The van der Waals surface area contributed by atoms with Crippen LogP contribution in [0.5, 0.6) is 0 Å². The zero-order valence-electron chi connectivity index (χ0n) is 2.12. The van der Waals surface area contributed by atoms with Gasteiger partial charge in [-0.2, -0.15) is 0 Å². The third-order valence-corrected chi connectivity index (χ3v) is 0. The van der Waals surface area contributed by atoms with Gasteiger partial charge in [-0.05, 0) is 0 Å². The molecule has 0 heterocycles. The van der Waals surface area contributed by atoms with E-state index in [1.54, 1.807) is 0 Å². The topological polar surface area (TPSA) is 54.4 Å². The van der Waals surface area contributed by atoms with Crippen molar-refractivity contribution in [1.29, 1.82) is 0 Å². The Labute approximate surface area is 37.6 Å². The van der Waals surface area contributed by atoms with Gasteiger partial charge in [0, 0.05) is 0 Å². The van der Waals surface area contributed by atoms with Crippen LogP contribution in [0, 0.1) is 0 Å². The van der Waals surface area contributed by atoms with Crippen molar-refractivity contribution in [3.63, 3.8) is 0 Å². The summed E-state index contributed by atoms with van der Waals surface area (Å²) < 4.78 is 25.8. The predicted molar refractivity (Wildman–Crippen MR) is 17.3 cm³/mol. The van der Waals surface area contributed by atoms with E-state index in [4.69, 9.17) is 13.0 Å². The van der Waals surface area contributed by atoms with Gasteiger partial charge < -0.3 is 0 Å². The fourth-order valence-corrected chi connectivity index (χ4v) is 0. The maximum absolute atomic E-state index is 9.16. The molecule has 30 valence electrons. The maximum atomic E-state index is 9.16. The molecule has 5 heavy (non-hydrogen) atoms. The normalized spacial score (nSPS) is 11.6. The van der Waals surface area contributed by atoms with Crippen molar-refractivity contribution in [3.8, 4) is 0 Å². The molecular formula is HAsO3S. The second-order valence-corrected chi connectivity index (χ2v) is 4.25. The van der Waals surface area contributed by atoms with Crippen LogP contribution in [0.25, 0.3) is 0 Å². The molecular weight excluding hydrogens is 155 g/mol. The SMILES string of the molecule is O=S(=O)(O)[As]. The standard InChI is InChI=1S/AsHO3S/c1-5(2,3)4/h(H,2,3,4). The van der Waals surface area contributed by atoms with Crippen molar-refractivity contribution in [3.05, 3.63) is 0 Å². The molecule has 0 aliphatic rings. The van der Waals surface area contributed by atoms with Gasteiger partial charge in [-0.3, -0.25) is 0 Å². The first-order chi connectivity index (χ1) is 2.00. The Morgan fingerprint density at radius 2 is 1.60 bits per heavy atom. The fraction of sp³-hybridized carbons (Fsp3) is 0. The minimum atomic E-state index is -3.73. The van der Waals surface area contributed by atoms with Gasteiger partial charge in [0.25, 0.3) is 0 Å². The van der Waals surface area contributed by atoms with Gasteiger partial charge in [0.15, 0.2) is 0 Å². The zero-order valence-corrected chi connectivity index (χ0v) is 4.81. The first-order valence-corrected chi connectivity index (χ1v) is 4.39. The van der Waals surface area contributed by atoms with Crippen molar-refractivity contribution < 1.29 is 13.0 Å². The van der Waals surface area contributed by atoms with Crippen LogP contribution in [-0.2, 0) is 8.38 Å². The van der Waals surface area contributed by atoms with E-state index in [9.17, 15) is 0 Å². The van der Waals surface area contributed by atoms with E-state index in [1.807, 2.05) is 0 Å². The van der Waals surface area contributed by atoms with Gasteiger partial charge in [0.1, 0.15) is 0 Å². The number of hydrogen-bond acceptors (Lipinski definition) is 2. The molecule has 0 aliphatic carbocycles. The van der Waals surface area contributed by atoms with Gasteiger partial charge in [-0.25, -0.2) is 0 Å². The average molecular weight is 156 g/mol. The number of rotatable bonds is 0. The van der Waals surface area contributed by atoms with Crippen LogP contribution in [0.2, 0.25) is 0 Å². The zero-order chi connectivity index (χ0) is 4.50. The second-order valence-electron chi connectivity index (χ2n) is 0.448. The van der Waals surface area contributed by atoms with Crippen molar-refractivity contribution in [1.82, 2.24) is 0 Å². The molecule has 0 bridgehead atoms. The molecule has 2 radical (unpaired) electrons. The molecule has 5 heteroatoms. The molecule has 0 rings (SSSR count). The molecule has 0 aromatic carbocycles. The molecule has 1 N–H and O–H groups in total. The third kappa shape index (κ3) is 124. The van der Waals surface area contributed by atoms with Gasteiger partial charge >= 0.3 is 37.0 Å². The molecule has 3 nitrogen and oxygen atoms in total. The molecule has 0 saturated heterocycles. The molecule has 0 amide bonds. The fourth-order valence-electron chi connectivity index (χ4n) is 0. The molecule has 0 aromatic rings. The number of hydrogen-bond donors (Lipinski definition) is 1. The first kappa shape index (κ1) is 5.47. The Kier molecular flexibility index (Phi) is 1.41. The van der Waals surface area contributed by atoms with Crippen LogP contribution in [0.4, 0.5) is 0 Å². The summed E-state index contributed by atoms with van der Waals surface area (Å²) in [6, 6.07) is 0. The van der Waals surface area contributed by atoms with E-state index in [1.165, 1.54) is 0 Å². The molecule has 0 fully saturated rings.